The fraction of sp³-hybridized carbons (Fsp3) is 0.714. The monoisotopic (exact) mass is 112 g/mol. The number of hydrogen-bond acceptors (Lipinski definition) is 1. The first-order chi connectivity index (χ1) is 3.89. The molecule has 46 valence electrons. The zero-order valence-electron chi connectivity index (χ0n) is 5.26. The summed E-state index contributed by atoms with van der Waals surface area (Å²) in [7, 11) is 0. The molecular weight excluding hydrogens is 100 g/mol. The van der Waals surface area contributed by atoms with Gasteiger partial charge in [0.15, 0.2) is 0 Å². The SMILES string of the molecule is CC1C=COCCC1. The molecule has 1 atom stereocenters. The lowest BCUT2D eigenvalue weighted by molar-refractivity contribution is 0.248. The van der Waals surface area contributed by atoms with Crippen LogP contribution in [0.1, 0.15) is 19.8 Å². The first kappa shape index (κ1) is 5.67. The van der Waals surface area contributed by atoms with Crippen molar-refractivity contribution in [1.29, 1.82) is 0 Å². The van der Waals surface area contributed by atoms with E-state index in [-0.39, 0.29) is 0 Å². The Morgan fingerprint density at radius 3 is 3.38 bits per heavy atom. The van der Waals surface area contributed by atoms with Crippen molar-refractivity contribution in [3.05, 3.63) is 12.3 Å². The van der Waals surface area contributed by atoms with Crippen LogP contribution in [0.2, 0.25) is 0 Å². The summed E-state index contributed by atoms with van der Waals surface area (Å²) in [6, 6.07) is 0. The van der Waals surface area contributed by atoms with Crippen molar-refractivity contribution in [2.75, 3.05) is 6.61 Å². The molecule has 0 amide bonds. The van der Waals surface area contributed by atoms with E-state index in [1.807, 2.05) is 6.26 Å². The summed E-state index contributed by atoms with van der Waals surface area (Å²) in [6.45, 7) is 3.12. The minimum absolute atomic E-state index is 0.720. The number of allylic oxidation sites excluding steroid dienone is 1. The van der Waals surface area contributed by atoms with Gasteiger partial charge in [0.1, 0.15) is 0 Å². The topological polar surface area (TPSA) is 9.23 Å². The standard InChI is InChI=1S/C7H12O/c1-7-3-2-5-8-6-4-7/h4,6-7H,2-3,5H2,1H3. The molecule has 1 aliphatic rings. The quantitative estimate of drug-likeness (QED) is 0.465. The molecule has 1 unspecified atom stereocenters. The second kappa shape index (κ2) is 2.75. The van der Waals surface area contributed by atoms with E-state index in [1.165, 1.54) is 12.8 Å². The second-order valence-corrected chi connectivity index (χ2v) is 2.32. The van der Waals surface area contributed by atoms with Crippen molar-refractivity contribution in [1.82, 2.24) is 0 Å². The van der Waals surface area contributed by atoms with Crippen LogP contribution >= 0.6 is 0 Å². The number of rotatable bonds is 0. The molecule has 0 fully saturated rings. The molecule has 1 heterocycles. The van der Waals surface area contributed by atoms with Gasteiger partial charge in [0.05, 0.1) is 12.9 Å². The van der Waals surface area contributed by atoms with E-state index in [1.54, 1.807) is 0 Å². The normalized spacial score (nSPS) is 28.9. The van der Waals surface area contributed by atoms with Gasteiger partial charge < -0.3 is 4.74 Å². The minimum atomic E-state index is 0.720. The minimum Gasteiger partial charge on any atom is -0.502 e. The third-order valence-corrected chi connectivity index (χ3v) is 1.42. The Balaban J connectivity index is 2.33. The van der Waals surface area contributed by atoms with Crippen LogP contribution in [0.25, 0.3) is 0 Å². The van der Waals surface area contributed by atoms with Gasteiger partial charge in [0, 0.05) is 0 Å². The van der Waals surface area contributed by atoms with Crippen molar-refractivity contribution < 1.29 is 4.74 Å². The summed E-state index contributed by atoms with van der Waals surface area (Å²) in [5.41, 5.74) is 0. The lowest BCUT2D eigenvalue weighted by Gasteiger charge is -1.97. The van der Waals surface area contributed by atoms with Crippen LogP contribution in [0.5, 0.6) is 0 Å². The van der Waals surface area contributed by atoms with Crippen molar-refractivity contribution in [3.63, 3.8) is 0 Å². The maximum atomic E-state index is 5.08. The molecular formula is C7H12O. The molecule has 0 N–H and O–H groups in total. The summed E-state index contributed by atoms with van der Waals surface area (Å²) in [5, 5.41) is 0. The van der Waals surface area contributed by atoms with Crippen molar-refractivity contribution in [2.24, 2.45) is 5.92 Å². The molecule has 0 bridgehead atoms. The predicted octanol–water partition coefficient (Wildman–Crippen LogP) is 1.95. The molecule has 0 radical (unpaired) electrons. The Kier molecular flexibility index (Phi) is 1.95. The van der Waals surface area contributed by atoms with E-state index in [9.17, 15) is 0 Å². The van der Waals surface area contributed by atoms with Gasteiger partial charge in [-0.2, -0.15) is 0 Å². The molecule has 8 heavy (non-hydrogen) atoms. The van der Waals surface area contributed by atoms with Crippen LogP contribution in [-0.2, 0) is 4.74 Å². The van der Waals surface area contributed by atoms with Crippen molar-refractivity contribution in [3.8, 4) is 0 Å². The van der Waals surface area contributed by atoms with Crippen molar-refractivity contribution >= 4 is 0 Å². The third-order valence-electron chi connectivity index (χ3n) is 1.42. The molecule has 0 aliphatic carbocycles. The zero-order chi connectivity index (χ0) is 5.82. The zero-order valence-corrected chi connectivity index (χ0v) is 5.26. The van der Waals surface area contributed by atoms with E-state index in [2.05, 4.69) is 13.0 Å². The van der Waals surface area contributed by atoms with E-state index < -0.39 is 0 Å². The van der Waals surface area contributed by atoms with Gasteiger partial charge in [-0.1, -0.05) is 6.92 Å². The average Bonchev–Trinajstić information content (AvgIpc) is 1.94. The fourth-order valence-electron chi connectivity index (χ4n) is 0.843. The van der Waals surface area contributed by atoms with Crippen LogP contribution in [0.15, 0.2) is 12.3 Å². The van der Waals surface area contributed by atoms with Gasteiger partial charge in [-0.05, 0) is 24.8 Å². The van der Waals surface area contributed by atoms with Gasteiger partial charge in [-0.3, -0.25) is 0 Å². The van der Waals surface area contributed by atoms with E-state index in [4.69, 9.17) is 4.74 Å². The van der Waals surface area contributed by atoms with Crippen molar-refractivity contribution in [2.45, 2.75) is 19.8 Å². The summed E-state index contributed by atoms with van der Waals surface area (Å²) in [4.78, 5) is 0. The third kappa shape index (κ3) is 1.57. The molecule has 0 saturated carbocycles. The largest absolute Gasteiger partial charge is 0.502 e. The Morgan fingerprint density at radius 2 is 2.50 bits per heavy atom. The van der Waals surface area contributed by atoms with Crippen LogP contribution in [0.4, 0.5) is 0 Å². The van der Waals surface area contributed by atoms with Crippen LogP contribution in [0, 0.1) is 5.92 Å². The first-order valence-corrected chi connectivity index (χ1v) is 3.18. The maximum Gasteiger partial charge on any atom is 0.0873 e. The van der Waals surface area contributed by atoms with Gasteiger partial charge >= 0.3 is 0 Å². The lowest BCUT2D eigenvalue weighted by Crippen LogP contribution is -1.87. The highest BCUT2D eigenvalue weighted by Gasteiger charge is 1.99. The molecule has 1 rings (SSSR count). The molecule has 0 aromatic heterocycles. The molecule has 1 nitrogen and oxygen atoms in total. The Hall–Kier alpha value is -0.460. The summed E-state index contributed by atoms with van der Waals surface area (Å²) >= 11 is 0. The number of ether oxygens (including phenoxy) is 1. The molecule has 1 aliphatic heterocycles. The van der Waals surface area contributed by atoms with Crippen LogP contribution < -0.4 is 0 Å². The smallest absolute Gasteiger partial charge is 0.0873 e. The highest BCUT2D eigenvalue weighted by molar-refractivity contribution is 4.82. The van der Waals surface area contributed by atoms with E-state index in [0.717, 1.165) is 12.5 Å². The van der Waals surface area contributed by atoms with E-state index >= 15 is 0 Å². The van der Waals surface area contributed by atoms with E-state index in [0.29, 0.717) is 0 Å². The Morgan fingerprint density at radius 1 is 1.62 bits per heavy atom. The molecule has 0 aromatic rings. The average molecular weight is 112 g/mol. The van der Waals surface area contributed by atoms with Gasteiger partial charge in [0.25, 0.3) is 0 Å². The molecule has 0 aromatic carbocycles. The highest BCUT2D eigenvalue weighted by atomic mass is 16.5. The fourth-order valence-corrected chi connectivity index (χ4v) is 0.843. The lowest BCUT2D eigenvalue weighted by atomic mass is 10.1. The first-order valence-electron chi connectivity index (χ1n) is 3.18. The summed E-state index contributed by atoms with van der Waals surface area (Å²) in [5.74, 6) is 0.720. The predicted molar refractivity (Wildman–Crippen MR) is 33.5 cm³/mol. The van der Waals surface area contributed by atoms with Gasteiger partial charge in [-0.15, -0.1) is 0 Å². The van der Waals surface area contributed by atoms with Crippen LogP contribution in [-0.4, -0.2) is 6.61 Å². The number of hydrogen-bond donors (Lipinski definition) is 0. The van der Waals surface area contributed by atoms with Gasteiger partial charge in [0.2, 0.25) is 0 Å². The summed E-state index contributed by atoms with van der Waals surface area (Å²) < 4.78 is 5.08. The molecule has 0 spiro atoms. The Labute approximate surface area is 50.3 Å². The summed E-state index contributed by atoms with van der Waals surface area (Å²) in [6.07, 6.45) is 6.41. The second-order valence-electron chi connectivity index (χ2n) is 2.32. The maximum absolute atomic E-state index is 5.08. The molecule has 1 heteroatoms. The van der Waals surface area contributed by atoms with Gasteiger partial charge in [-0.25, -0.2) is 0 Å². The molecule has 0 saturated heterocycles. The highest BCUT2D eigenvalue weighted by Crippen LogP contribution is 2.10. The Bertz CT molecular complexity index is 86.4. The van der Waals surface area contributed by atoms with Crippen LogP contribution in [0.3, 0.4) is 0 Å².